The first-order valence-corrected chi connectivity index (χ1v) is 3.97. The summed E-state index contributed by atoms with van der Waals surface area (Å²) < 4.78 is 5.28. The van der Waals surface area contributed by atoms with Gasteiger partial charge < -0.3 is 10.1 Å². The van der Waals surface area contributed by atoms with Crippen LogP contribution in [0.25, 0.3) is 0 Å². The van der Waals surface area contributed by atoms with Crippen molar-refractivity contribution in [2.24, 2.45) is 5.92 Å². The SMILES string of the molecule is CCOCC(C)C(C)NC. The van der Waals surface area contributed by atoms with Crippen molar-refractivity contribution in [3.63, 3.8) is 0 Å². The maximum Gasteiger partial charge on any atom is 0.0506 e. The molecule has 0 radical (unpaired) electrons. The van der Waals surface area contributed by atoms with Crippen LogP contribution >= 0.6 is 0 Å². The number of hydrogen-bond acceptors (Lipinski definition) is 2. The zero-order valence-corrected chi connectivity index (χ0v) is 7.48. The van der Waals surface area contributed by atoms with E-state index in [0.29, 0.717) is 12.0 Å². The van der Waals surface area contributed by atoms with Crippen LogP contribution in [0.15, 0.2) is 0 Å². The molecule has 2 nitrogen and oxygen atoms in total. The molecule has 0 saturated carbocycles. The number of hydrogen-bond donors (Lipinski definition) is 1. The molecule has 10 heavy (non-hydrogen) atoms. The Morgan fingerprint density at radius 2 is 2.00 bits per heavy atom. The third kappa shape index (κ3) is 3.85. The van der Waals surface area contributed by atoms with Gasteiger partial charge in [-0.3, -0.25) is 0 Å². The van der Waals surface area contributed by atoms with Crippen molar-refractivity contribution in [1.82, 2.24) is 5.32 Å². The molecule has 0 aliphatic carbocycles. The second kappa shape index (κ2) is 5.69. The second-order valence-corrected chi connectivity index (χ2v) is 2.71. The highest BCUT2D eigenvalue weighted by Gasteiger charge is 2.08. The van der Waals surface area contributed by atoms with E-state index in [1.165, 1.54) is 0 Å². The van der Waals surface area contributed by atoms with Gasteiger partial charge in [0.25, 0.3) is 0 Å². The lowest BCUT2D eigenvalue weighted by molar-refractivity contribution is 0.105. The first-order valence-electron chi connectivity index (χ1n) is 3.97. The normalized spacial score (nSPS) is 16.8. The van der Waals surface area contributed by atoms with Gasteiger partial charge in [0.05, 0.1) is 6.61 Å². The predicted octanol–water partition coefficient (Wildman–Crippen LogP) is 1.27. The Labute approximate surface area is 64.0 Å². The van der Waals surface area contributed by atoms with Gasteiger partial charge >= 0.3 is 0 Å². The molecule has 2 unspecified atom stereocenters. The van der Waals surface area contributed by atoms with Crippen molar-refractivity contribution in [1.29, 1.82) is 0 Å². The molecule has 0 aromatic heterocycles. The molecule has 0 rings (SSSR count). The molecule has 62 valence electrons. The fourth-order valence-corrected chi connectivity index (χ4v) is 0.733. The van der Waals surface area contributed by atoms with Crippen LogP contribution in [0.3, 0.4) is 0 Å². The average molecular weight is 145 g/mol. The summed E-state index contributed by atoms with van der Waals surface area (Å²) in [6, 6.07) is 0.548. The van der Waals surface area contributed by atoms with Gasteiger partial charge in [0.1, 0.15) is 0 Å². The van der Waals surface area contributed by atoms with E-state index in [-0.39, 0.29) is 0 Å². The lowest BCUT2D eigenvalue weighted by Crippen LogP contribution is -2.31. The van der Waals surface area contributed by atoms with Crippen molar-refractivity contribution in [3.05, 3.63) is 0 Å². The Hall–Kier alpha value is -0.0800. The molecule has 0 bridgehead atoms. The third-order valence-corrected chi connectivity index (χ3v) is 1.89. The topological polar surface area (TPSA) is 21.3 Å². The second-order valence-electron chi connectivity index (χ2n) is 2.71. The van der Waals surface area contributed by atoms with E-state index in [9.17, 15) is 0 Å². The summed E-state index contributed by atoms with van der Waals surface area (Å²) >= 11 is 0. The quantitative estimate of drug-likeness (QED) is 0.629. The van der Waals surface area contributed by atoms with Crippen LogP contribution in [0, 0.1) is 5.92 Å². The summed E-state index contributed by atoms with van der Waals surface area (Å²) in [6.45, 7) is 8.07. The van der Waals surface area contributed by atoms with Gasteiger partial charge in [-0.05, 0) is 26.8 Å². The van der Waals surface area contributed by atoms with Crippen LogP contribution in [-0.4, -0.2) is 26.3 Å². The van der Waals surface area contributed by atoms with Gasteiger partial charge in [-0.25, -0.2) is 0 Å². The van der Waals surface area contributed by atoms with Crippen molar-refractivity contribution in [3.8, 4) is 0 Å². The van der Waals surface area contributed by atoms with E-state index in [4.69, 9.17) is 4.74 Å². The third-order valence-electron chi connectivity index (χ3n) is 1.89. The lowest BCUT2D eigenvalue weighted by atomic mass is 10.1. The molecule has 0 aliphatic heterocycles. The van der Waals surface area contributed by atoms with E-state index in [1.807, 2.05) is 14.0 Å². The largest absolute Gasteiger partial charge is 0.381 e. The Morgan fingerprint density at radius 1 is 1.40 bits per heavy atom. The summed E-state index contributed by atoms with van der Waals surface area (Å²) in [6.07, 6.45) is 0. The van der Waals surface area contributed by atoms with Crippen LogP contribution in [-0.2, 0) is 4.74 Å². The highest BCUT2D eigenvalue weighted by atomic mass is 16.5. The molecule has 0 heterocycles. The van der Waals surface area contributed by atoms with Gasteiger partial charge in [0.15, 0.2) is 0 Å². The summed E-state index contributed by atoms with van der Waals surface area (Å²) in [5, 5.41) is 3.19. The van der Waals surface area contributed by atoms with Gasteiger partial charge in [0, 0.05) is 12.6 Å². The van der Waals surface area contributed by atoms with Crippen molar-refractivity contribution >= 4 is 0 Å². The van der Waals surface area contributed by atoms with Crippen LogP contribution < -0.4 is 5.32 Å². The maximum absolute atomic E-state index is 5.28. The van der Waals surface area contributed by atoms with E-state index in [2.05, 4.69) is 19.2 Å². The van der Waals surface area contributed by atoms with E-state index in [0.717, 1.165) is 13.2 Å². The van der Waals surface area contributed by atoms with Gasteiger partial charge in [-0.2, -0.15) is 0 Å². The van der Waals surface area contributed by atoms with Crippen LogP contribution in [0.5, 0.6) is 0 Å². The Kier molecular flexibility index (Phi) is 5.64. The zero-order valence-electron chi connectivity index (χ0n) is 7.48. The molecule has 0 aromatic carbocycles. The zero-order chi connectivity index (χ0) is 7.98. The minimum Gasteiger partial charge on any atom is -0.381 e. The Bertz CT molecular complexity index is 75.7. The monoisotopic (exact) mass is 145 g/mol. The van der Waals surface area contributed by atoms with Crippen LogP contribution in [0.1, 0.15) is 20.8 Å². The van der Waals surface area contributed by atoms with Crippen LogP contribution in [0.2, 0.25) is 0 Å². The van der Waals surface area contributed by atoms with Gasteiger partial charge in [-0.1, -0.05) is 6.92 Å². The summed E-state index contributed by atoms with van der Waals surface area (Å²) in [5.74, 6) is 0.602. The molecule has 0 aliphatic rings. The molecule has 2 heteroatoms. The van der Waals surface area contributed by atoms with E-state index >= 15 is 0 Å². The lowest BCUT2D eigenvalue weighted by Gasteiger charge is -2.18. The standard InChI is InChI=1S/C8H19NO/c1-5-10-6-7(2)8(3)9-4/h7-9H,5-6H2,1-4H3. The van der Waals surface area contributed by atoms with Gasteiger partial charge in [0.2, 0.25) is 0 Å². The fraction of sp³-hybridized carbons (Fsp3) is 1.00. The summed E-state index contributed by atoms with van der Waals surface area (Å²) in [5.41, 5.74) is 0. The minimum absolute atomic E-state index is 0.548. The molecule has 0 amide bonds. The van der Waals surface area contributed by atoms with Crippen LogP contribution in [0.4, 0.5) is 0 Å². The average Bonchev–Trinajstić information content (AvgIpc) is 1.98. The highest BCUT2D eigenvalue weighted by Crippen LogP contribution is 2.01. The number of ether oxygens (including phenoxy) is 1. The molecule has 2 atom stereocenters. The fourth-order valence-electron chi connectivity index (χ4n) is 0.733. The first kappa shape index (κ1) is 9.92. The summed E-state index contributed by atoms with van der Waals surface area (Å²) in [7, 11) is 1.98. The minimum atomic E-state index is 0.548. The van der Waals surface area contributed by atoms with Crippen molar-refractivity contribution < 1.29 is 4.74 Å². The number of rotatable bonds is 5. The Balaban J connectivity index is 3.31. The highest BCUT2D eigenvalue weighted by molar-refractivity contribution is 4.64. The van der Waals surface area contributed by atoms with Crippen molar-refractivity contribution in [2.75, 3.05) is 20.3 Å². The van der Waals surface area contributed by atoms with E-state index < -0.39 is 0 Å². The van der Waals surface area contributed by atoms with E-state index in [1.54, 1.807) is 0 Å². The van der Waals surface area contributed by atoms with Gasteiger partial charge in [-0.15, -0.1) is 0 Å². The van der Waals surface area contributed by atoms with Crippen molar-refractivity contribution in [2.45, 2.75) is 26.8 Å². The molecular weight excluding hydrogens is 126 g/mol. The molecular formula is C8H19NO. The molecule has 0 fully saturated rings. The smallest absolute Gasteiger partial charge is 0.0506 e. The molecule has 0 spiro atoms. The molecule has 0 saturated heterocycles. The number of nitrogens with one attached hydrogen (secondary N) is 1. The molecule has 1 N–H and O–H groups in total. The Morgan fingerprint density at radius 3 is 2.40 bits per heavy atom. The predicted molar refractivity (Wildman–Crippen MR) is 44.2 cm³/mol. The maximum atomic E-state index is 5.28. The summed E-state index contributed by atoms with van der Waals surface area (Å²) in [4.78, 5) is 0. The first-order chi connectivity index (χ1) is 4.72. The molecule has 0 aromatic rings.